The lowest BCUT2D eigenvalue weighted by atomic mass is 9.89. The van der Waals surface area contributed by atoms with Crippen LogP contribution >= 0.6 is 12.2 Å². The highest BCUT2D eigenvalue weighted by atomic mass is 32.2. The lowest BCUT2D eigenvalue weighted by molar-refractivity contribution is 0.220. The standard InChI is InChI=1S/C11H21N3O2S2/c1-14-6-4-11(5-7-14,10(12)17)13-18(15,16)8-9-2-3-9/h9,13H,2-8H2,1H3,(H2,12,17). The maximum atomic E-state index is 12.1. The highest BCUT2D eigenvalue weighted by Crippen LogP contribution is 2.31. The first-order valence-corrected chi connectivity index (χ1v) is 8.39. The Morgan fingerprint density at radius 2 is 2.00 bits per heavy atom. The van der Waals surface area contributed by atoms with E-state index < -0.39 is 15.6 Å². The number of hydrogen-bond donors (Lipinski definition) is 2. The van der Waals surface area contributed by atoms with Gasteiger partial charge in [-0.15, -0.1) is 0 Å². The van der Waals surface area contributed by atoms with Gasteiger partial charge in [0.1, 0.15) is 0 Å². The predicted molar refractivity (Wildman–Crippen MR) is 75.9 cm³/mol. The van der Waals surface area contributed by atoms with Gasteiger partial charge in [-0.25, -0.2) is 13.1 Å². The van der Waals surface area contributed by atoms with Gasteiger partial charge in [0.05, 0.1) is 16.3 Å². The Balaban J connectivity index is 2.08. The average molecular weight is 291 g/mol. The van der Waals surface area contributed by atoms with Crippen LogP contribution in [0.15, 0.2) is 0 Å². The van der Waals surface area contributed by atoms with E-state index in [0.29, 0.717) is 18.8 Å². The fraction of sp³-hybridized carbons (Fsp3) is 0.909. The van der Waals surface area contributed by atoms with E-state index in [1.54, 1.807) is 0 Å². The summed E-state index contributed by atoms with van der Waals surface area (Å²) in [6.45, 7) is 1.62. The van der Waals surface area contributed by atoms with Crippen LogP contribution < -0.4 is 10.5 Å². The summed E-state index contributed by atoms with van der Waals surface area (Å²) < 4.78 is 27.0. The molecular formula is C11H21N3O2S2. The molecule has 2 aliphatic rings. The summed E-state index contributed by atoms with van der Waals surface area (Å²) in [4.78, 5) is 2.43. The van der Waals surface area contributed by atoms with E-state index >= 15 is 0 Å². The lowest BCUT2D eigenvalue weighted by Crippen LogP contribution is -2.61. The van der Waals surface area contributed by atoms with E-state index in [1.165, 1.54) is 0 Å². The molecule has 0 radical (unpaired) electrons. The van der Waals surface area contributed by atoms with E-state index in [1.807, 2.05) is 7.05 Å². The maximum absolute atomic E-state index is 12.1. The molecule has 7 heteroatoms. The molecule has 104 valence electrons. The quantitative estimate of drug-likeness (QED) is 0.701. The van der Waals surface area contributed by atoms with Gasteiger partial charge in [0.15, 0.2) is 0 Å². The van der Waals surface area contributed by atoms with Crippen molar-refractivity contribution < 1.29 is 8.42 Å². The minimum atomic E-state index is -3.27. The molecule has 0 aromatic heterocycles. The Morgan fingerprint density at radius 3 is 2.44 bits per heavy atom. The monoisotopic (exact) mass is 291 g/mol. The SMILES string of the molecule is CN1CCC(NS(=O)(=O)CC2CC2)(C(N)=S)CC1. The van der Waals surface area contributed by atoms with Gasteiger partial charge in [0, 0.05) is 13.1 Å². The summed E-state index contributed by atoms with van der Waals surface area (Å²) in [7, 11) is -1.26. The van der Waals surface area contributed by atoms with Gasteiger partial charge in [0.25, 0.3) is 0 Å². The van der Waals surface area contributed by atoms with Gasteiger partial charge in [-0.1, -0.05) is 12.2 Å². The Morgan fingerprint density at radius 1 is 1.44 bits per heavy atom. The summed E-state index contributed by atoms with van der Waals surface area (Å²) >= 11 is 5.10. The van der Waals surface area contributed by atoms with E-state index in [4.69, 9.17) is 18.0 Å². The summed E-state index contributed by atoms with van der Waals surface area (Å²) in [5.41, 5.74) is 5.07. The van der Waals surface area contributed by atoms with Crippen molar-refractivity contribution >= 4 is 27.2 Å². The molecule has 3 N–H and O–H groups in total. The minimum Gasteiger partial charge on any atom is -0.392 e. The first-order valence-electron chi connectivity index (χ1n) is 6.33. The second-order valence-electron chi connectivity index (χ2n) is 5.58. The van der Waals surface area contributed by atoms with Gasteiger partial charge in [-0.2, -0.15) is 0 Å². The Hall–Kier alpha value is -0.240. The summed E-state index contributed by atoms with van der Waals surface area (Å²) in [5, 5.41) is 0. The zero-order valence-electron chi connectivity index (χ0n) is 10.7. The number of piperidine rings is 1. The lowest BCUT2D eigenvalue weighted by Gasteiger charge is -2.40. The number of likely N-dealkylation sites (tertiary alicyclic amines) is 1. The second kappa shape index (κ2) is 5.03. The van der Waals surface area contributed by atoms with E-state index in [2.05, 4.69) is 9.62 Å². The van der Waals surface area contributed by atoms with Crippen LogP contribution in [0.4, 0.5) is 0 Å². The largest absolute Gasteiger partial charge is 0.392 e. The van der Waals surface area contributed by atoms with Crippen molar-refractivity contribution in [2.75, 3.05) is 25.9 Å². The molecule has 0 aromatic carbocycles. The fourth-order valence-corrected chi connectivity index (χ4v) is 4.60. The number of rotatable bonds is 5. The summed E-state index contributed by atoms with van der Waals surface area (Å²) in [5.74, 6) is 0.546. The molecule has 0 bridgehead atoms. The van der Waals surface area contributed by atoms with Crippen molar-refractivity contribution in [3.8, 4) is 0 Å². The number of nitrogens with zero attached hydrogens (tertiary/aromatic N) is 1. The number of thiocarbonyl (C=S) groups is 1. The molecule has 0 spiro atoms. The first-order chi connectivity index (χ1) is 8.33. The maximum Gasteiger partial charge on any atom is 0.212 e. The molecule has 1 aliphatic carbocycles. The molecule has 1 saturated heterocycles. The van der Waals surface area contributed by atoms with Crippen LogP contribution in [-0.4, -0.2) is 49.7 Å². The van der Waals surface area contributed by atoms with Crippen LogP contribution in [0.1, 0.15) is 25.7 Å². The molecular weight excluding hydrogens is 270 g/mol. The van der Waals surface area contributed by atoms with Crippen LogP contribution in [0.25, 0.3) is 0 Å². The van der Waals surface area contributed by atoms with Crippen molar-refractivity contribution in [1.82, 2.24) is 9.62 Å². The van der Waals surface area contributed by atoms with Crippen molar-refractivity contribution in [2.45, 2.75) is 31.2 Å². The van der Waals surface area contributed by atoms with E-state index in [9.17, 15) is 8.42 Å². The normalized spacial score (nSPS) is 24.9. The topological polar surface area (TPSA) is 75.4 Å². The first kappa shape index (κ1) is 14.2. The van der Waals surface area contributed by atoms with Crippen molar-refractivity contribution in [1.29, 1.82) is 0 Å². The average Bonchev–Trinajstić information content (AvgIpc) is 3.04. The number of nitrogens with two attached hydrogens (primary N) is 1. The summed E-state index contributed by atoms with van der Waals surface area (Å²) in [6, 6.07) is 0. The highest BCUT2D eigenvalue weighted by Gasteiger charge is 2.41. The molecule has 0 amide bonds. The van der Waals surface area contributed by atoms with E-state index in [0.717, 1.165) is 25.9 Å². The third-order valence-electron chi connectivity index (χ3n) is 3.82. The molecule has 1 saturated carbocycles. The molecule has 18 heavy (non-hydrogen) atoms. The van der Waals surface area contributed by atoms with Gasteiger partial charge in [-0.05, 0) is 38.6 Å². The van der Waals surface area contributed by atoms with Gasteiger partial charge < -0.3 is 10.6 Å². The zero-order chi connectivity index (χ0) is 13.4. The van der Waals surface area contributed by atoms with Crippen LogP contribution in [0, 0.1) is 5.92 Å². The molecule has 0 aromatic rings. The van der Waals surface area contributed by atoms with E-state index in [-0.39, 0.29) is 10.7 Å². The smallest absolute Gasteiger partial charge is 0.212 e. The van der Waals surface area contributed by atoms with Crippen LogP contribution in [0.5, 0.6) is 0 Å². The summed E-state index contributed by atoms with van der Waals surface area (Å²) in [6.07, 6.45) is 3.35. The molecule has 2 fully saturated rings. The van der Waals surface area contributed by atoms with Crippen molar-refractivity contribution in [2.24, 2.45) is 11.7 Å². The number of sulfonamides is 1. The molecule has 5 nitrogen and oxygen atoms in total. The molecule has 1 heterocycles. The van der Waals surface area contributed by atoms with Crippen molar-refractivity contribution in [3.63, 3.8) is 0 Å². The molecule has 2 rings (SSSR count). The predicted octanol–water partition coefficient (Wildman–Crippen LogP) is 0.0663. The van der Waals surface area contributed by atoms with Crippen LogP contribution in [0.3, 0.4) is 0 Å². The van der Waals surface area contributed by atoms with Gasteiger partial charge in [0.2, 0.25) is 10.0 Å². The second-order valence-corrected chi connectivity index (χ2v) is 7.78. The van der Waals surface area contributed by atoms with Gasteiger partial charge >= 0.3 is 0 Å². The molecule has 0 unspecified atom stereocenters. The van der Waals surface area contributed by atoms with Crippen molar-refractivity contribution in [3.05, 3.63) is 0 Å². The fourth-order valence-electron chi connectivity index (χ4n) is 2.33. The number of nitrogens with one attached hydrogen (secondary N) is 1. The zero-order valence-corrected chi connectivity index (χ0v) is 12.3. The number of hydrogen-bond acceptors (Lipinski definition) is 4. The molecule has 0 atom stereocenters. The Kier molecular flexibility index (Phi) is 3.96. The Labute approximate surface area is 114 Å². The Bertz CT molecular complexity index is 424. The van der Waals surface area contributed by atoms with Gasteiger partial charge in [-0.3, -0.25) is 0 Å². The third-order valence-corrected chi connectivity index (χ3v) is 5.82. The molecule has 1 aliphatic heterocycles. The van der Waals surface area contributed by atoms with Crippen LogP contribution in [-0.2, 0) is 10.0 Å². The highest BCUT2D eigenvalue weighted by molar-refractivity contribution is 7.89. The van der Waals surface area contributed by atoms with Crippen LogP contribution in [0.2, 0.25) is 0 Å². The third kappa shape index (κ3) is 3.40. The minimum absolute atomic E-state index is 0.215.